The fourth-order valence-electron chi connectivity index (χ4n) is 5.25. The lowest BCUT2D eigenvalue weighted by Crippen LogP contribution is -2.31. The van der Waals surface area contributed by atoms with Crippen molar-refractivity contribution in [3.63, 3.8) is 0 Å². The van der Waals surface area contributed by atoms with E-state index in [4.69, 9.17) is 9.97 Å². The summed E-state index contributed by atoms with van der Waals surface area (Å²) in [5.41, 5.74) is 3.84. The minimum atomic E-state index is -0.0871. The molecule has 0 saturated heterocycles. The van der Waals surface area contributed by atoms with Gasteiger partial charge >= 0.3 is 0 Å². The molecule has 162 valence electrons. The highest BCUT2D eigenvalue weighted by Gasteiger charge is 2.22. The van der Waals surface area contributed by atoms with Crippen LogP contribution in [0.5, 0.6) is 0 Å². The summed E-state index contributed by atoms with van der Waals surface area (Å²) in [4.78, 5) is 14.9. The molecule has 0 spiro atoms. The smallest absolute Gasteiger partial charge is 0.235 e. The fourth-order valence-corrected chi connectivity index (χ4v) is 5.25. The summed E-state index contributed by atoms with van der Waals surface area (Å²) in [5.74, 6) is 0.670. The highest BCUT2D eigenvalue weighted by molar-refractivity contribution is 6.21. The molecule has 7 rings (SSSR count). The first kappa shape index (κ1) is 19.2. The van der Waals surface area contributed by atoms with Gasteiger partial charge in [-0.05, 0) is 41.1 Å². The molecule has 0 radical (unpaired) electrons. The Morgan fingerprint density at radius 2 is 1.50 bits per heavy atom. The minimum Gasteiger partial charge on any atom is -0.278 e. The average molecular weight is 439 g/mol. The zero-order valence-electron chi connectivity index (χ0n) is 19.0. The highest BCUT2D eigenvalue weighted by atomic mass is 15.2. The molecular weight excluding hydrogens is 416 g/mol. The summed E-state index contributed by atoms with van der Waals surface area (Å²) in [6, 6.07) is 27.4. The van der Waals surface area contributed by atoms with Crippen LogP contribution in [0.2, 0.25) is 0 Å². The predicted molar refractivity (Wildman–Crippen MR) is 139 cm³/mol. The van der Waals surface area contributed by atoms with Crippen LogP contribution in [0, 0.1) is 5.41 Å². The SMILES string of the molecule is CC1(C)C=c2nc(-n3c4ccccc4c4c5ccccc5ccc43)nc(-c3ccccn3)c2=C1. The van der Waals surface area contributed by atoms with E-state index >= 15 is 0 Å². The molecule has 1 aliphatic rings. The van der Waals surface area contributed by atoms with Gasteiger partial charge < -0.3 is 0 Å². The number of para-hydroxylation sites is 1. The molecule has 34 heavy (non-hydrogen) atoms. The van der Waals surface area contributed by atoms with E-state index in [0.29, 0.717) is 5.95 Å². The fraction of sp³-hybridized carbons (Fsp3) is 0.100. The Balaban J connectivity index is 1.64. The lowest BCUT2D eigenvalue weighted by Gasteiger charge is -2.09. The number of hydrogen-bond donors (Lipinski definition) is 0. The maximum Gasteiger partial charge on any atom is 0.235 e. The molecule has 3 aromatic heterocycles. The van der Waals surface area contributed by atoms with E-state index in [1.165, 1.54) is 21.5 Å². The van der Waals surface area contributed by atoms with E-state index in [1.807, 2.05) is 24.4 Å². The molecule has 0 amide bonds. The van der Waals surface area contributed by atoms with Gasteiger partial charge in [-0.15, -0.1) is 0 Å². The molecule has 4 nitrogen and oxygen atoms in total. The number of fused-ring (bicyclic) bond motifs is 6. The Morgan fingerprint density at radius 3 is 2.35 bits per heavy atom. The molecular formula is C30H22N4. The average Bonchev–Trinajstić information content (AvgIpc) is 3.37. The summed E-state index contributed by atoms with van der Waals surface area (Å²) in [7, 11) is 0. The first-order chi connectivity index (χ1) is 16.6. The van der Waals surface area contributed by atoms with Gasteiger partial charge in [-0.2, -0.15) is 0 Å². The third-order valence-electron chi connectivity index (χ3n) is 6.66. The monoisotopic (exact) mass is 438 g/mol. The maximum absolute atomic E-state index is 5.14. The Morgan fingerprint density at radius 1 is 0.706 bits per heavy atom. The molecule has 1 aliphatic carbocycles. The highest BCUT2D eigenvalue weighted by Crippen LogP contribution is 2.36. The van der Waals surface area contributed by atoms with Crippen molar-refractivity contribution in [2.45, 2.75) is 13.8 Å². The standard InChI is InChI=1S/C30H22N4/c1-30(2)17-22-24(18-30)32-29(33-28(22)23-12-7-8-16-31-23)34-25-13-6-5-11-21(25)27-20-10-4-3-9-19(20)14-15-26(27)34/h3-18H,1-2H3. The molecule has 3 heterocycles. The Bertz CT molecular complexity index is 1880. The van der Waals surface area contributed by atoms with Crippen LogP contribution in [0.25, 0.3) is 62.1 Å². The molecule has 0 fully saturated rings. The van der Waals surface area contributed by atoms with Gasteiger partial charge in [0.25, 0.3) is 0 Å². The van der Waals surface area contributed by atoms with E-state index in [9.17, 15) is 0 Å². The second kappa shape index (κ2) is 6.84. The number of benzene rings is 3. The van der Waals surface area contributed by atoms with Crippen LogP contribution in [-0.4, -0.2) is 19.5 Å². The van der Waals surface area contributed by atoms with Crippen molar-refractivity contribution in [3.05, 3.63) is 95.6 Å². The van der Waals surface area contributed by atoms with Crippen molar-refractivity contribution < 1.29 is 0 Å². The first-order valence-electron chi connectivity index (χ1n) is 11.6. The molecule has 4 heteroatoms. The van der Waals surface area contributed by atoms with Gasteiger partial charge in [-0.3, -0.25) is 9.55 Å². The summed E-state index contributed by atoms with van der Waals surface area (Å²) in [6.07, 6.45) is 6.29. The number of pyridine rings is 1. The van der Waals surface area contributed by atoms with E-state index in [-0.39, 0.29) is 5.41 Å². The second-order valence-corrected chi connectivity index (χ2v) is 9.53. The topological polar surface area (TPSA) is 43.6 Å². The Labute approximate surface area is 196 Å². The van der Waals surface area contributed by atoms with Crippen LogP contribution in [0.4, 0.5) is 0 Å². The maximum atomic E-state index is 5.14. The van der Waals surface area contributed by atoms with Crippen LogP contribution in [-0.2, 0) is 0 Å². The van der Waals surface area contributed by atoms with E-state index < -0.39 is 0 Å². The number of rotatable bonds is 2. The summed E-state index contributed by atoms with van der Waals surface area (Å²) in [6.45, 7) is 4.40. The Kier molecular flexibility index (Phi) is 3.86. The molecule has 0 aliphatic heterocycles. The van der Waals surface area contributed by atoms with Crippen LogP contribution in [0.3, 0.4) is 0 Å². The van der Waals surface area contributed by atoms with Crippen molar-refractivity contribution >= 4 is 44.7 Å². The van der Waals surface area contributed by atoms with Gasteiger partial charge in [0.2, 0.25) is 5.95 Å². The van der Waals surface area contributed by atoms with Gasteiger partial charge in [0.05, 0.1) is 22.1 Å². The largest absolute Gasteiger partial charge is 0.278 e. The molecule has 0 saturated carbocycles. The van der Waals surface area contributed by atoms with E-state index in [1.54, 1.807) is 0 Å². The zero-order valence-corrected chi connectivity index (χ0v) is 19.0. The predicted octanol–water partition coefficient (Wildman–Crippen LogP) is 5.39. The quantitative estimate of drug-likeness (QED) is 0.364. The van der Waals surface area contributed by atoms with Gasteiger partial charge in [0.1, 0.15) is 5.69 Å². The summed E-state index contributed by atoms with van der Waals surface area (Å²) < 4.78 is 2.20. The lowest BCUT2D eigenvalue weighted by atomic mass is 9.96. The van der Waals surface area contributed by atoms with Crippen LogP contribution >= 0.6 is 0 Å². The van der Waals surface area contributed by atoms with Crippen LogP contribution in [0.1, 0.15) is 13.8 Å². The van der Waals surface area contributed by atoms with E-state index in [0.717, 1.165) is 33.0 Å². The second-order valence-electron chi connectivity index (χ2n) is 9.53. The molecule has 0 N–H and O–H groups in total. The third kappa shape index (κ3) is 2.75. The van der Waals surface area contributed by atoms with Gasteiger partial charge in [0, 0.05) is 27.6 Å². The van der Waals surface area contributed by atoms with Gasteiger partial charge in [-0.25, -0.2) is 9.97 Å². The van der Waals surface area contributed by atoms with E-state index in [2.05, 4.69) is 96.2 Å². The third-order valence-corrected chi connectivity index (χ3v) is 6.66. The number of aromatic nitrogens is 4. The minimum absolute atomic E-state index is 0.0871. The molecule has 3 aromatic carbocycles. The number of hydrogen-bond acceptors (Lipinski definition) is 3. The molecule has 0 unspecified atom stereocenters. The normalized spacial score (nSPS) is 14.3. The molecule has 6 aromatic rings. The summed E-state index contributed by atoms with van der Waals surface area (Å²) in [5, 5.41) is 6.91. The molecule has 0 bridgehead atoms. The van der Waals surface area contributed by atoms with Crippen molar-refractivity contribution in [2.24, 2.45) is 5.41 Å². The van der Waals surface area contributed by atoms with Crippen LogP contribution in [0.15, 0.2) is 85.1 Å². The van der Waals surface area contributed by atoms with Gasteiger partial charge in [0.15, 0.2) is 0 Å². The van der Waals surface area contributed by atoms with Crippen molar-refractivity contribution in [1.29, 1.82) is 0 Å². The zero-order chi connectivity index (χ0) is 22.9. The Hall–Kier alpha value is -4.31. The summed E-state index contributed by atoms with van der Waals surface area (Å²) >= 11 is 0. The van der Waals surface area contributed by atoms with Crippen molar-refractivity contribution in [2.75, 3.05) is 0 Å². The first-order valence-corrected chi connectivity index (χ1v) is 11.6. The van der Waals surface area contributed by atoms with Crippen molar-refractivity contribution in [1.82, 2.24) is 19.5 Å². The van der Waals surface area contributed by atoms with Crippen molar-refractivity contribution in [3.8, 4) is 17.3 Å². The molecule has 0 atom stereocenters. The van der Waals surface area contributed by atoms with Crippen LogP contribution < -0.4 is 10.6 Å². The lowest BCUT2D eigenvalue weighted by molar-refractivity contribution is 0.723. The van der Waals surface area contributed by atoms with Gasteiger partial charge in [-0.1, -0.05) is 74.5 Å². The number of nitrogens with zero attached hydrogens (tertiary/aromatic N) is 4.